The quantitative estimate of drug-likeness (QED) is 0.789. The highest BCUT2D eigenvalue weighted by atomic mass is 16.5. The predicted molar refractivity (Wildman–Crippen MR) is 69.1 cm³/mol. The first-order chi connectivity index (χ1) is 8.09. The normalized spacial score (nSPS) is 45.4. The Kier molecular flexibility index (Phi) is 2.96. The van der Waals surface area contributed by atoms with Crippen LogP contribution in [0.15, 0.2) is 0 Å². The molecule has 17 heavy (non-hydrogen) atoms. The van der Waals surface area contributed by atoms with E-state index in [0.29, 0.717) is 23.6 Å². The zero-order valence-electron chi connectivity index (χ0n) is 11.4. The Balaban J connectivity index is 1.62. The number of fused-ring (bicyclic) bond motifs is 1. The highest BCUT2D eigenvalue weighted by Gasteiger charge is 2.58. The van der Waals surface area contributed by atoms with Crippen molar-refractivity contribution in [2.24, 2.45) is 11.3 Å². The van der Waals surface area contributed by atoms with E-state index in [4.69, 9.17) is 4.74 Å². The Morgan fingerprint density at radius 1 is 1.29 bits per heavy atom. The van der Waals surface area contributed by atoms with Crippen molar-refractivity contribution in [3.8, 4) is 0 Å². The number of ether oxygens (including phenoxy) is 1. The minimum atomic E-state index is 0.326. The number of hydrogen-bond donors (Lipinski definition) is 1. The van der Waals surface area contributed by atoms with Gasteiger partial charge in [0.05, 0.1) is 6.10 Å². The summed E-state index contributed by atoms with van der Waals surface area (Å²) < 4.78 is 5.96. The van der Waals surface area contributed by atoms with Crippen LogP contribution in [0.25, 0.3) is 0 Å². The van der Waals surface area contributed by atoms with Crippen LogP contribution in [0.2, 0.25) is 0 Å². The van der Waals surface area contributed by atoms with E-state index < -0.39 is 0 Å². The van der Waals surface area contributed by atoms with Crippen LogP contribution in [0.3, 0.4) is 0 Å². The molecule has 1 saturated carbocycles. The SMILES string of the molecule is CN1CCC(NC2C3CCCOC3C2(C)C)C1. The minimum absolute atomic E-state index is 0.326. The molecule has 1 N–H and O–H groups in total. The first-order valence-electron chi connectivity index (χ1n) is 7.15. The van der Waals surface area contributed by atoms with Crippen LogP contribution in [-0.2, 0) is 4.74 Å². The fourth-order valence-electron chi connectivity index (χ4n) is 4.19. The van der Waals surface area contributed by atoms with Gasteiger partial charge in [-0.3, -0.25) is 0 Å². The van der Waals surface area contributed by atoms with Gasteiger partial charge in [0.25, 0.3) is 0 Å². The second-order valence-electron chi connectivity index (χ2n) is 6.81. The lowest BCUT2D eigenvalue weighted by atomic mass is 9.55. The van der Waals surface area contributed by atoms with E-state index in [1.165, 1.54) is 32.4 Å². The molecule has 0 bridgehead atoms. The second kappa shape index (κ2) is 4.22. The van der Waals surface area contributed by atoms with E-state index in [1.54, 1.807) is 0 Å². The summed E-state index contributed by atoms with van der Waals surface area (Å²) in [5.41, 5.74) is 0.326. The van der Waals surface area contributed by atoms with E-state index in [9.17, 15) is 0 Å². The number of likely N-dealkylation sites (N-methyl/N-ethyl adjacent to an activating group) is 1. The number of nitrogens with one attached hydrogen (secondary N) is 1. The van der Waals surface area contributed by atoms with Gasteiger partial charge >= 0.3 is 0 Å². The molecule has 3 aliphatic rings. The third kappa shape index (κ3) is 1.92. The van der Waals surface area contributed by atoms with Crippen LogP contribution in [0.5, 0.6) is 0 Å². The molecule has 0 amide bonds. The maximum absolute atomic E-state index is 5.96. The lowest BCUT2D eigenvalue weighted by Crippen LogP contribution is -2.70. The van der Waals surface area contributed by atoms with Gasteiger partial charge in [-0.15, -0.1) is 0 Å². The minimum Gasteiger partial charge on any atom is -0.377 e. The smallest absolute Gasteiger partial charge is 0.0684 e. The summed E-state index contributed by atoms with van der Waals surface area (Å²) >= 11 is 0. The van der Waals surface area contributed by atoms with Crippen LogP contribution in [-0.4, -0.2) is 49.8 Å². The van der Waals surface area contributed by atoms with Gasteiger partial charge in [-0.1, -0.05) is 13.8 Å². The van der Waals surface area contributed by atoms with Crippen LogP contribution in [0, 0.1) is 11.3 Å². The van der Waals surface area contributed by atoms with E-state index in [2.05, 4.69) is 31.1 Å². The van der Waals surface area contributed by atoms with Crippen molar-refractivity contribution >= 4 is 0 Å². The van der Waals surface area contributed by atoms with Gasteiger partial charge in [0.15, 0.2) is 0 Å². The highest BCUT2D eigenvalue weighted by molar-refractivity contribution is 5.11. The van der Waals surface area contributed by atoms with Gasteiger partial charge in [0.1, 0.15) is 0 Å². The summed E-state index contributed by atoms with van der Waals surface area (Å²) in [6.07, 6.45) is 4.42. The van der Waals surface area contributed by atoms with Crippen molar-refractivity contribution in [3.63, 3.8) is 0 Å². The molecule has 0 aromatic carbocycles. The molecule has 0 aromatic rings. The summed E-state index contributed by atoms with van der Waals surface area (Å²) in [6, 6.07) is 1.37. The van der Waals surface area contributed by atoms with Gasteiger partial charge in [0, 0.05) is 36.6 Å². The molecule has 4 atom stereocenters. The first-order valence-corrected chi connectivity index (χ1v) is 7.15. The molecule has 0 radical (unpaired) electrons. The molecule has 3 rings (SSSR count). The molecule has 2 saturated heterocycles. The third-order valence-corrected chi connectivity index (χ3v) is 5.14. The number of rotatable bonds is 2. The second-order valence-corrected chi connectivity index (χ2v) is 6.81. The summed E-state index contributed by atoms with van der Waals surface area (Å²) in [5.74, 6) is 0.768. The Bertz CT molecular complexity index is 292. The topological polar surface area (TPSA) is 24.5 Å². The molecule has 0 spiro atoms. The molecular formula is C14H26N2O. The molecule has 2 aliphatic heterocycles. The molecule has 3 nitrogen and oxygen atoms in total. The number of hydrogen-bond acceptors (Lipinski definition) is 3. The van der Waals surface area contributed by atoms with Gasteiger partial charge < -0.3 is 15.0 Å². The van der Waals surface area contributed by atoms with E-state index >= 15 is 0 Å². The molecule has 0 aromatic heterocycles. The Morgan fingerprint density at radius 2 is 2.12 bits per heavy atom. The molecule has 2 heterocycles. The predicted octanol–water partition coefficient (Wildman–Crippen LogP) is 1.48. The van der Waals surface area contributed by atoms with Crippen LogP contribution < -0.4 is 5.32 Å². The Morgan fingerprint density at radius 3 is 2.82 bits per heavy atom. The van der Waals surface area contributed by atoms with Crippen LogP contribution in [0.4, 0.5) is 0 Å². The molecule has 3 fully saturated rings. The van der Waals surface area contributed by atoms with Gasteiger partial charge in [-0.2, -0.15) is 0 Å². The fourth-order valence-corrected chi connectivity index (χ4v) is 4.19. The average molecular weight is 238 g/mol. The number of likely N-dealkylation sites (tertiary alicyclic amines) is 1. The zero-order valence-corrected chi connectivity index (χ0v) is 11.4. The van der Waals surface area contributed by atoms with E-state index in [1.807, 2.05) is 0 Å². The standard InChI is InChI=1S/C14H26N2O/c1-14(2)12(11-5-4-8-17-13(11)14)15-10-6-7-16(3)9-10/h10-13,15H,4-9H2,1-3H3. The first kappa shape index (κ1) is 11.9. The fraction of sp³-hybridized carbons (Fsp3) is 1.00. The van der Waals surface area contributed by atoms with Crippen molar-refractivity contribution in [2.75, 3.05) is 26.7 Å². The summed E-state index contributed by atoms with van der Waals surface area (Å²) in [6.45, 7) is 8.18. The lowest BCUT2D eigenvalue weighted by Gasteiger charge is -2.60. The summed E-state index contributed by atoms with van der Waals surface area (Å²) in [7, 11) is 2.22. The summed E-state index contributed by atoms with van der Waals surface area (Å²) in [5, 5.41) is 3.91. The van der Waals surface area contributed by atoms with Crippen LogP contribution in [0.1, 0.15) is 33.1 Å². The number of nitrogens with zero attached hydrogens (tertiary/aromatic N) is 1. The van der Waals surface area contributed by atoms with Crippen molar-refractivity contribution in [1.29, 1.82) is 0 Å². The molecule has 98 valence electrons. The lowest BCUT2D eigenvalue weighted by molar-refractivity contribution is -0.194. The van der Waals surface area contributed by atoms with Crippen molar-refractivity contribution in [3.05, 3.63) is 0 Å². The maximum Gasteiger partial charge on any atom is 0.0684 e. The maximum atomic E-state index is 5.96. The van der Waals surface area contributed by atoms with Gasteiger partial charge in [-0.05, 0) is 32.9 Å². The van der Waals surface area contributed by atoms with Gasteiger partial charge in [0.2, 0.25) is 0 Å². The Labute approximate surface area is 105 Å². The molecule has 1 aliphatic carbocycles. The van der Waals surface area contributed by atoms with Crippen LogP contribution >= 0.6 is 0 Å². The molecular weight excluding hydrogens is 212 g/mol. The third-order valence-electron chi connectivity index (χ3n) is 5.14. The molecule has 3 heteroatoms. The summed E-state index contributed by atoms with van der Waals surface area (Å²) in [4.78, 5) is 2.43. The van der Waals surface area contributed by atoms with E-state index in [0.717, 1.165) is 12.5 Å². The van der Waals surface area contributed by atoms with Gasteiger partial charge in [-0.25, -0.2) is 0 Å². The van der Waals surface area contributed by atoms with E-state index in [-0.39, 0.29) is 0 Å². The van der Waals surface area contributed by atoms with Crippen molar-refractivity contribution in [1.82, 2.24) is 10.2 Å². The highest BCUT2D eigenvalue weighted by Crippen LogP contribution is 2.51. The zero-order chi connectivity index (χ0) is 12.0. The average Bonchev–Trinajstić information content (AvgIpc) is 2.72. The monoisotopic (exact) mass is 238 g/mol. The van der Waals surface area contributed by atoms with Crippen molar-refractivity contribution < 1.29 is 4.74 Å². The van der Waals surface area contributed by atoms with Crippen molar-refractivity contribution in [2.45, 2.75) is 51.3 Å². The Hall–Kier alpha value is -0.120. The largest absolute Gasteiger partial charge is 0.377 e. The molecule has 4 unspecified atom stereocenters.